The van der Waals surface area contributed by atoms with Gasteiger partial charge >= 0.3 is 0 Å². The first-order valence-corrected chi connectivity index (χ1v) is 5.01. The van der Waals surface area contributed by atoms with Crippen LogP contribution < -0.4 is 0 Å². The number of rotatable bonds is 2. The Morgan fingerprint density at radius 3 is 2.64 bits per heavy atom. The van der Waals surface area contributed by atoms with Crippen molar-refractivity contribution in [3.05, 3.63) is 0 Å². The van der Waals surface area contributed by atoms with Crippen LogP contribution in [0.25, 0.3) is 0 Å². The van der Waals surface area contributed by atoms with Crippen LogP contribution in [0.1, 0.15) is 12.8 Å². The highest BCUT2D eigenvalue weighted by Crippen LogP contribution is 2.21. The first-order chi connectivity index (χ1) is 6.79. The van der Waals surface area contributed by atoms with Crippen LogP contribution in [0.3, 0.4) is 0 Å². The van der Waals surface area contributed by atoms with Crippen LogP contribution in [-0.4, -0.2) is 38.0 Å². The van der Waals surface area contributed by atoms with E-state index in [0.29, 0.717) is 26.2 Å². The predicted molar refractivity (Wildman–Crippen MR) is 47.9 cm³/mol. The molecule has 0 spiro atoms. The Morgan fingerprint density at radius 2 is 2.00 bits per heavy atom. The molecule has 2 atom stereocenters. The molecular formula is C10H14O4. The number of Topliss-reactive ketones (excluding diaryl/α,β-unsaturated/α-hetero) is 2. The number of carbonyl (C=O) groups is 2. The number of hydrogen-bond donors (Lipinski definition) is 0. The van der Waals surface area contributed by atoms with Crippen molar-refractivity contribution < 1.29 is 19.1 Å². The fourth-order valence-electron chi connectivity index (χ4n) is 1.93. The number of hydrogen-bond acceptors (Lipinski definition) is 4. The maximum Gasteiger partial charge on any atom is 0.151 e. The Balaban J connectivity index is 1.98. The first-order valence-electron chi connectivity index (χ1n) is 5.01. The van der Waals surface area contributed by atoms with Crippen LogP contribution in [0.15, 0.2) is 0 Å². The summed E-state index contributed by atoms with van der Waals surface area (Å²) in [4.78, 5) is 23.3. The predicted octanol–water partition coefficient (Wildman–Crippen LogP) is 0.198. The van der Waals surface area contributed by atoms with Crippen LogP contribution in [0, 0.1) is 11.8 Å². The van der Waals surface area contributed by atoms with Gasteiger partial charge in [-0.25, -0.2) is 0 Å². The molecule has 0 aliphatic carbocycles. The zero-order chi connectivity index (χ0) is 9.97. The Labute approximate surface area is 82.6 Å². The minimum Gasteiger partial charge on any atom is -0.381 e. The zero-order valence-corrected chi connectivity index (χ0v) is 8.03. The van der Waals surface area contributed by atoms with Crippen molar-refractivity contribution in [2.75, 3.05) is 26.4 Å². The average molecular weight is 198 g/mol. The molecule has 4 heteroatoms. The van der Waals surface area contributed by atoms with E-state index in [1.807, 2.05) is 0 Å². The van der Waals surface area contributed by atoms with Gasteiger partial charge in [0.2, 0.25) is 0 Å². The number of ether oxygens (including phenoxy) is 2. The van der Waals surface area contributed by atoms with Crippen LogP contribution in [0.2, 0.25) is 0 Å². The molecule has 2 fully saturated rings. The Bertz CT molecular complexity index is 243. The van der Waals surface area contributed by atoms with E-state index < -0.39 is 5.92 Å². The highest BCUT2D eigenvalue weighted by Gasteiger charge is 2.35. The van der Waals surface area contributed by atoms with Crippen LogP contribution >= 0.6 is 0 Å². The lowest BCUT2D eigenvalue weighted by Crippen LogP contribution is -2.37. The van der Waals surface area contributed by atoms with E-state index in [1.165, 1.54) is 0 Å². The highest BCUT2D eigenvalue weighted by atomic mass is 16.5. The van der Waals surface area contributed by atoms with Gasteiger partial charge in [0, 0.05) is 18.9 Å². The number of carbonyl (C=O) groups excluding carboxylic acids is 2. The molecule has 0 aromatic carbocycles. The van der Waals surface area contributed by atoms with E-state index in [2.05, 4.69) is 0 Å². The fourth-order valence-corrected chi connectivity index (χ4v) is 1.93. The minimum absolute atomic E-state index is 0.0206. The molecule has 0 N–H and O–H groups in total. The SMILES string of the molecule is O=C1CCOCC1C(=O)C1CCOC1. The Kier molecular flexibility index (Phi) is 2.93. The maximum atomic E-state index is 11.8. The smallest absolute Gasteiger partial charge is 0.151 e. The van der Waals surface area contributed by atoms with Gasteiger partial charge in [0.25, 0.3) is 0 Å². The van der Waals surface area contributed by atoms with Gasteiger partial charge in [-0.2, -0.15) is 0 Å². The molecule has 0 aromatic heterocycles. The molecule has 4 nitrogen and oxygen atoms in total. The van der Waals surface area contributed by atoms with Crippen molar-refractivity contribution in [1.82, 2.24) is 0 Å². The number of ketones is 2. The lowest BCUT2D eigenvalue weighted by Gasteiger charge is -2.21. The third-order valence-electron chi connectivity index (χ3n) is 2.84. The van der Waals surface area contributed by atoms with Crippen molar-refractivity contribution in [3.8, 4) is 0 Å². The third kappa shape index (κ3) is 1.86. The van der Waals surface area contributed by atoms with E-state index in [9.17, 15) is 9.59 Å². The second-order valence-corrected chi connectivity index (χ2v) is 3.81. The van der Waals surface area contributed by atoms with Crippen molar-refractivity contribution in [3.63, 3.8) is 0 Å². The molecule has 2 heterocycles. The van der Waals surface area contributed by atoms with Crippen molar-refractivity contribution >= 4 is 11.6 Å². The van der Waals surface area contributed by atoms with Gasteiger partial charge in [0.1, 0.15) is 11.7 Å². The normalized spacial score (nSPS) is 33.3. The summed E-state index contributed by atoms with van der Waals surface area (Å²) in [5.41, 5.74) is 0. The summed E-state index contributed by atoms with van der Waals surface area (Å²) in [5, 5.41) is 0. The van der Waals surface area contributed by atoms with Gasteiger partial charge in [-0.1, -0.05) is 0 Å². The van der Waals surface area contributed by atoms with Crippen LogP contribution in [0.5, 0.6) is 0 Å². The average Bonchev–Trinajstić information content (AvgIpc) is 2.70. The lowest BCUT2D eigenvalue weighted by molar-refractivity contribution is -0.142. The van der Waals surface area contributed by atoms with E-state index in [0.717, 1.165) is 6.42 Å². The highest BCUT2D eigenvalue weighted by molar-refractivity contribution is 6.04. The molecule has 14 heavy (non-hydrogen) atoms. The quantitative estimate of drug-likeness (QED) is 0.595. The molecule has 0 radical (unpaired) electrons. The molecule has 0 bridgehead atoms. The van der Waals surface area contributed by atoms with Crippen LogP contribution in [-0.2, 0) is 19.1 Å². The third-order valence-corrected chi connectivity index (χ3v) is 2.84. The molecule has 2 aliphatic rings. The molecule has 2 unspecified atom stereocenters. The second kappa shape index (κ2) is 4.19. The topological polar surface area (TPSA) is 52.6 Å². The van der Waals surface area contributed by atoms with Crippen LogP contribution in [0.4, 0.5) is 0 Å². The lowest BCUT2D eigenvalue weighted by atomic mass is 9.87. The molecule has 0 aromatic rings. The largest absolute Gasteiger partial charge is 0.381 e. The summed E-state index contributed by atoms with van der Waals surface area (Å²) in [5.74, 6) is -0.540. The fraction of sp³-hybridized carbons (Fsp3) is 0.800. The summed E-state index contributed by atoms with van der Waals surface area (Å²) in [6.45, 7) is 1.85. The van der Waals surface area contributed by atoms with Crippen molar-refractivity contribution in [2.24, 2.45) is 11.8 Å². The van der Waals surface area contributed by atoms with Crippen molar-refractivity contribution in [2.45, 2.75) is 12.8 Å². The molecule has 0 amide bonds. The summed E-state index contributed by atoms with van der Waals surface area (Å²) < 4.78 is 10.3. The van der Waals surface area contributed by atoms with E-state index in [1.54, 1.807) is 0 Å². The van der Waals surface area contributed by atoms with Crippen molar-refractivity contribution in [1.29, 1.82) is 0 Å². The monoisotopic (exact) mass is 198 g/mol. The summed E-state index contributed by atoms with van der Waals surface area (Å²) in [6.07, 6.45) is 1.13. The molecule has 2 aliphatic heterocycles. The van der Waals surface area contributed by atoms with E-state index in [4.69, 9.17) is 9.47 Å². The van der Waals surface area contributed by atoms with E-state index >= 15 is 0 Å². The standard InChI is InChI=1S/C10H14O4/c11-9-2-4-14-6-8(9)10(12)7-1-3-13-5-7/h7-8H,1-6H2. The van der Waals surface area contributed by atoms with E-state index in [-0.39, 0.29) is 24.1 Å². The van der Waals surface area contributed by atoms with Gasteiger partial charge in [0.05, 0.1) is 19.8 Å². The van der Waals surface area contributed by atoms with Gasteiger partial charge in [-0.15, -0.1) is 0 Å². The second-order valence-electron chi connectivity index (χ2n) is 3.81. The van der Waals surface area contributed by atoms with Gasteiger partial charge < -0.3 is 9.47 Å². The van der Waals surface area contributed by atoms with Gasteiger partial charge in [-0.05, 0) is 6.42 Å². The summed E-state index contributed by atoms with van der Waals surface area (Å²) in [7, 11) is 0. The molecule has 78 valence electrons. The zero-order valence-electron chi connectivity index (χ0n) is 8.03. The Hall–Kier alpha value is -0.740. The summed E-state index contributed by atoms with van der Waals surface area (Å²) >= 11 is 0. The van der Waals surface area contributed by atoms with Gasteiger partial charge in [0.15, 0.2) is 5.78 Å². The minimum atomic E-state index is -0.518. The molecular weight excluding hydrogens is 184 g/mol. The maximum absolute atomic E-state index is 11.8. The Morgan fingerprint density at radius 1 is 1.21 bits per heavy atom. The summed E-state index contributed by atoms with van der Waals surface area (Å²) in [6, 6.07) is 0. The molecule has 0 saturated carbocycles. The molecule has 2 rings (SSSR count). The molecule has 2 saturated heterocycles. The van der Waals surface area contributed by atoms with Gasteiger partial charge in [-0.3, -0.25) is 9.59 Å². The first kappa shape index (κ1) is 9.80.